The van der Waals surface area contributed by atoms with Gasteiger partial charge in [0.15, 0.2) is 0 Å². The summed E-state index contributed by atoms with van der Waals surface area (Å²) < 4.78 is 5.25. The number of aryl methyl sites for hydroxylation is 1. The average Bonchev–Trinajstić information content (AvgIpc) is 2.74. The van der Waals surface area contributed by atoms with Gasteiger partial charge in [0, 0.05) is 25.6 Å². The molecule has 0 aliphatic carbocycles. The van der Waals surface area contributed by atoms with Gasteiger partial charge in [-0.2, -0.15) is 0 Å². The Labute approximate surface area is 96.4 Å². The van der Waals surface area contributed by atoms with Crippen molar-refractivity contribution in [2.24, 2.45) is 5.73 Å². The first kappa shape index (κ1) is 12.8. The highest BCUT2D eigenvalue weighted by Gasteiger charge is 2.28. The topological polar surface area (TPSA) is 59.5 Å². The van der Waals surface area contributed by atoms with Crippen LogP contribution in [0.4, 0.5) is 0 Å². The first-order valence-corrected chi connectivity index (χ1v) is 5.48. The molecule has 0 fully saturated rings. The summed E-state index contributed by atoms with van der Waals surface area (Å²) in [6, 6.07) is 1.71. The molecule has 0 spiro atoms. The van der Waals surface area contributed by atoms with Crippen LogP contribution in [0.2, 0.25) is 0 Å². The zero-order valence-electron chi connectivity index (χ0n) is 10.4. The summed E-state index contributed by atoms with van der Waals surface area (Å²) in [6.45, 7) is 6.27. The normalized spacial score (nSPS) is 11.6. The number of carbonyl (C=O) groups is 1. The first-order valence-electron chi connectivity index (χ1n) is 5.48. The van der Waals surface area contributed by atoms with E-state index in [4.69, 9.17) is 10.2 Å². The van der Waals surface area contributed by atoms with Crippen molar-refractivity contribution in [3.63, 3.8) is 0 Å². The molecule has 0 aliphatic heterocycles. The van der Waals surface area contributed by atoms with E-state index in [1.807, 2.05) is 20.8 Å². The van der Waals surface area contributed by atoms with Crippen LogP contribution in [0.3, 0.4) is 0 Å². The van der Waals surface area contributed by atoms with Gasteiger partial charge in [-0.1, -0.05) is 6.92 Å². The largest absolute Gasteiger partial charge is 0.469 e. The fourth-order valence-electron chi connectivity index (χ4n) is 1.40. The summed E-state index contributed by atoms with van der Waals surface area (Å²) >= 11 is 0. The van der Waals surface area contributed by atoms with Crippen molar-refractivity contribution in [1.82, 2.24) is 4.90 Å². The third kappa shape index (κ3) is 2.27. The van der Waals surface area contributed by atoms with Crippen molar-refractivity contribution in [2.45, 2.75) is 32.7 Å². The van der Waals surface area contributed by atoms with Gasteiger partial charge in [0.1, 0.15) is 5.76 Å². The van der Waals surface area contributed by atoms with Crippen LogP contribution < -0.4 is 5.73 Å². The zero-order chi connectivity index (χ0) is 12.3. The molecular formula is C12H20N2O2. The van der Waals surface area contributed by atoms with E-state index >= 15 is 0 Å². The quantitative estimate of drug-likeness (QED) is 0.846. The Kier molecular flexibility index (Phi) is 3.75. The van der Waals surface area contributed by atoms with Gasteiger partial charge in [0.2, 0.25) is 0 Å². The summed E-state index contributed by atoms with van der Waals surface area (Å²) in [7, 11) is 1.77. The maximum Gasteiger partial charge on any atom is 0.257 e. The highest BCUT2D eigenvalue weighted by atomic mass is 16.3. The monoisotopic (exact) mass is 224 g/mol. The number of amides is 1. The maximum atomic E-state index is 12.2. The molecule has 0 aromatic carbocycles. The Morgan fingerprint density at radius 2 is 2.19 bits per heavy atom. The predicted molar refractivity (Wildman–Crippen MR) is 63.3 cm³/mol. The van der Waals surface area contributed by atoms with Gasteiger partial charge in [-0.3, -0.25) is 4.79 Å². The maximum absolute atomic E-state index is 12.2. The minimum atomic E-state index is -0.348. The number of hydrogen-bond donors (Lipinski definition) is 1. The molecule has 1 rings (SSSR count). The molecule has 0 saturated heterocycles. The summed E-state index contributed by atoms with van der Waals surface area (Å²) in [4.78, 5) is 13.9. The van der Waals surface area contributed by atoms with Crippen molar-refractivity contribution < 1.29 is 9.21 Å². The van der Waals surface area contributed by atoms with E-state index in [0.717, 1.165) is 5.76 Å². The van der Waals surface area contributed by atoms with E-state index in [0.29, 0.717) is 18.5 Å². The van der Waals surface area contributed by atoms with Gasteiger partial charge >= 0.3 is 0 Å². The Bertz CT molecular complexity index is 369. The zero-order valence-corrected chi connectivity index (χ0v) is 10.4. The van der Waals surface area contributed by atoms with Crippen LogP contribution in [0.25, 0.3) is 0 Å². The third-order valence-electron chi connectivity index (χ3n) is 3.01. The molecule has 1 aromatic rings. The Hall–Kier alpha value is -1.29. The molecule has 0 bridgehead atoms. The number of rotatable bonds is 4. The molecule has 1 amide bonds. The average molecular weight is 224 g/mol. The molecule has 0 unspecified atom stereocenters. The molecule has 16 heavy (non-hydrogen) atoms. The van der Waals surface area contributed by atoms with E-state index in [9.17, 15) is 4.79 Å². The minimum absolute atomic E-state index is 0.0407. The SMILES string of the molecule is CCc1occc1C(=O)N(C)C(C)(C)CN. The lowest BCUT2D eigenvalue weighted by Gasteiger charge is -2.34. The molecule has 0 saturated carbocycles. The number of furan rings is 1. The Balaban J connectivity index is 2.95. The summed E-state index contributed by atoms with van der Waals surface area (Å²) in [6.07, 6.45) is 2.26. The van der Waals surface area contributed by atoms with Crippen LogP contribution in [-0.2, 0) is 6.42 Å². The highest BCUT2D eigenvalue weighted by molar-refractivity contribution is 5.95. The van der Waals surface area contributed by atoms with Gasteiger partial charge in [0.25, 0.3) is 5.91 Å². The number of likely N-dealkylation sites (N-methyl/N-ethyl adjacent to an activating group) is 1. The lowest BCUT2D eigenvalue weighted by molar-refractivity contribution is 0.0638. The van der Waals surface area contributed by atoms with E-state index in [2.05, 4.69) is 0 Å². The lowest BCUT2D eigenvalue weighted by atomic mass is 10.0. The van der Waals surface area contributed by atoms with Crippen LogP contribution >= 0.6 is 0 Å². The number of hydrogen-bond acceptors (Lipinski definition) is 3. The van der Waals surface area contributed by atoms with E-state index < -0.39 is 0 Å². The second kappa shape index (κ2) is 4.70. The molecule has 4 heteroatoms. The smallest absolute Gasteiger partial charge is 0.257 e. The van der Waals surface area contributed by atoms with Crippen molar-refractivity contribution in [3.05, 3.63) is 23.7 Å². The molecule has 1 aromatic heterocycles. The molecule has 0 atom stereocenters. The van der Waals surface area contributed by atoms with Crippen molar-refractivity contribution in [3.8, 4) is 0 Å². The van der Waals surface area contributed by atoms with Gasteiger partial charge in [-0.05, 0) is 19.9 Å². The van der Waals surface area contributed by atoms with Crippen LogP contribution in [0.1, 0.15) is 36.9 Å². The van der Waals surface area contributed by atoms with Gasteiger partial charge in [-0.25, -0.2) is 0 Å². The standard InChI is InChI=1S/C12H20N2O2/c1-5-10-9(6-7-16-10)11(15)14(4)12(2,3)8-13/h6-7H,5,8,13H2,1-4H3. The van der Waals surface area contributed by atoms with Crippen LogP contribution in [-0.4, -0.2) is 29.9 Å². The lowest BCUT2D eigenvalue weighted by Crippen LogP contribution is -2.50. The number of carbonyl (C=O) groups excluding carboxylic acids is 1. The second-order valence-corrected chi connectivity index (χ2v) is 4.49. The molecule has 1 heterocycles. The van der Waals surface area contributed by atoms with Crippen LogP contribution in [0.5, 0.6) is 0 Å². The number of nitrogens with zero attached hydrogens (tertiary/aromatic N) is 1. The fraction of sp³-hybridized carbons (Fsp3) is 0.583. The van der Waals surface area contributed by atoms with Gasteiger partial charge in [-0.15, -0.1) is 0 Å². The van der Waals surface area contributed by atoms with Gasteiger partial charge < -0.3 is 15.1 Å². The summed E-state index contributed by atoms with van der Waals surface area (Å²) in [5, 5.41) is 0. The summed E-state index contributed by atoms with van der Waals surface area (Å²) in [5.41, 5.74) is 5.93. The molecule has 0 aliphatic rings. The molecule has 4 nitrogen and oxygen atoms in total. The second-order valence-electron chi connectivity index (χ2n) is 4.49. The molecular weight excluding hydrogens is 204 g/mol. The van der Waals surface area contributed by atoms with Gasteiger partial charge in [0.05, 0.1) is 11.8 Å². The van der Waals surface area contributed by atoms with E-state index in [-0.39, 0.29) is 11.4 Å². The van der Waals surface area contributed by atoms with Crippen molar-refractivity contribution in [2.75, 3.05) is 13.6 Å². The van der Waals surface area contributed by atoms with Crippen LogP contribution in [0, 0.1) is 0 Å². The van der Waals surface area contributed by atoms with Crippen molar-refractivity contribution >= 4 is 5.91 Å². The summed E-state index contributed by atoms with van der Waals surface area (Å²) in [5.74, 6) is 0.686. The molecule has 2 N–H and O–H groups in total. The third-order valence-corrected chi connectivity index (χ3v) is 3.01. The fourth-order valence-corrected chi connectivity index (χ4v) is 1.40. The van der Waals surface area contributed by atoms with E-state index in [1.54, 1.807) is 24.3 Å². The predicted octanol–water partition coefficient (Wildman–Crippen LogP) is 1.65. The highest BCUT2D eigenvalue weighted by Crippen LogP contribution is 2.18. The van der Waals surface area contributed by atoms with E-state index in [1.165, 1.54) is 0 Å². The molecule has 90 valence electrons. The number of nitrogens with two attached hydrogens (primary N) is 1. The first-order chi connectivity index (χ1) is 7.44. The molecule has 0 radical (unpaired) electrons. The minimum Gasteiger partial charge on any atom is -0.469 e. The Morgan fingerprint density at radius 3 is 2.69 bits per heavy atom. The van der Waals surface area contributed by atoms with Crippen LogP contribution in [0.15, 0.2) is 16.7 Å². The Morgan fingerprint density at radius 1 is 1.56 bits per heavy atom. The van der Waals surface area contributed by atoms with Crippen molar-refractivity contribution in [1.29, 1.82) is 0 Å².